The number of halogens is 2. The quantitative estimate of drug-likeness (QED) is 0.810. The predicted octanol–water partition coefficient (Wildman–Crippen LogP) is 3.72. The van der Waals surface area contributed by atoms with Crippen LogP contribution in [-0.4, -0.2) is 22.5 Å². The lowest BCUT2D eigenvalue weighted by Crippen LogP contribution is -2.12. The first-order chi connectivity index (χ1) is 9.43. The lowest BCUT2D eigenvalue weighted by atomic mass is 10.0. The highest BCUT2D eigenvalue weighted by Crippen LogP contribution is 2.27. The van der Waals surface area contributed by atoms with Crippen molar-refractivity contribution in [1.29, 1.82) is 0 Å². The van der Waals surface area contributed by atoms with Gasteiger partial charge in [-0.2, -0.15) is 0 Å². The van der Waals surface area contributed by atoms with Gasteiger partial charge in [0.15, 0.2) is 5.82 Å². The van der Waals surface area contributed by atoms with E-state index >= 15 is 0 Å². The molecule has 0 aliphatic heterocycles. The molecule has 0 unspecified atom stereocenters. The van der Waals surface area contributed by atoms with Crippen LogP contribution in [0.3, 0.4) is 0 Å². The topological polar surface area (TPSA) is 52.1 Å². The van der Waals surface area contributed by atoms with E-state index in [1.54, 1.807) is 13.0 Å². The van der Waals surface area contributed by atoms with Crippen LogP contribution in [0, 0.1) is 5.82 Å². The summed E-state index contributed by atoms with van der Waals surface area (Å²) >= 11 is 5.87. The van der Waals surface area contributed by atoms with Gasteiger partial charge >= 0.3 is 5.97 Å². The van der Waals surface area contributed by atoms with Crippen LogP contribution in [0.1, 0.15) is 43.0 Å². The molecule has 0 saturated carbocycles. The lowest BCUT2D eigenvalue weighted by Gasteiger charge is -2.11. The predicted molar refractivity (Wildman–Crippen MR) is 74.6 cm³/mol. The molecule has 106 valence electrons. The second kappa shape index (κ2) is 5.71. The third-order valence-electron chi connectivity index (χ3n) is 2.75. The Labute approximate surface area is 120 Å². The standard InChI is InChI=1S/C14H14ClFN2O2/c1-4-20-14(19)13-17-11(7(2)3)9-5-8(15)6-10(16)12(9)18-13/h5-7H,4H2,1-3H3. The summed E-state index contributed by atoms with van der Waals surface area (Å²) in [6.07, 6.45) is 0. The van der Waals surface area contributed by atoms with Gasteiger partial charge in [-0.05, 0) is 25.0 Å². The summed E-state index contributed by atoms with van der Waals surface area (Å²) in [5.74, 6) is -1.39. The third kappa shape index (κ3) is 2.72. The van der Waals surface area contributed by atoms with E-state index in [2.05, 4.69) is 9.97 Å². The monoisotopic (exact) mass is 296 g/mol. The molecule has 1 heterocycles. The van der Waals surface area contributed by atoms with Crippen LogP contribution in [0.2, 0.25) is 5.02 Å². The summed E-state index contributed by atoms with van der Waals surface area (Å²) in [5.41, 5.74) is 0.649. The molecule has 0 amide bonds. The largest absolute Gasteiger partial charge is 0.460 e. The van der Waals surface area contributed by atoms with Gasteiger partial charge in [0, 0.05) is 10.4 Å². The summed E-state index contributed by atoms with van der Waals surface area (Å²) in [4.78, 5) is 19.9. The van der Waals surface area contributed by atoms with Gasteiger partial charge in [-0.3, -0.25) is 0 Å². The molecule has 0 radical (unpaired) electrons. The SMILES string of the molecule is CCOC(=O)c1nc(C(C)C)c2cc(Cl)cc(F)c2n1. The molecular formula is C14H14ClFN2O2. The molecule has 20 heavy (non-hydrogen) atoms. The molecule has 2 aromatic rings. The van der Waals surface area contributed by atoms with Crippen molar-refractivity contribution in [2.45, 2.75) is 26.7 Å². The van der Waals surface area contributed by atoms with Gasteiger partial charge in [-0.25, -0.2) is 19.2 Å². The number of rotatable bonds is 3. The van der Waals surface area contributed by atoms with Crippen molar-refractivity contribution in [3.05, 3.63) is 34.5 Å². The first-order valence-corrected chi connectivity index (χ1v) is 6.65. The smallest absolute Gasteiger partial charge is 0.376 e. The first kappa shape index (κ1) is 14.7. The minimum Gasteiger partial charge on any atom is -0.460 e. The number of hydrogen-bond acceptors (Lipinski definition) is 4. The minimum atomic E-state index is -0.661. The molecule has 0 bridgehead atoms. The van der Waals surface area contributed by atoms with Crippen LogP contribution in [0.15, 0.2) is 12.1 Å². The number of fused-ring (bicyclic) bond motifs is 1. The summed E-state index contributed by atoms with van der Waals surface area (Å²) in [6.45, 7) is 5.69. The zero-order valence-electron chi connectivity index (χ0n) is 11.4. The number of benzene rings is 1. The Kier molecular flexibility index (Phi) is 4.18. The van der Waals surface area contributed by atoms with E-state index in [9.17, 15) is 9.18 Å². The van der Waals surface area contributed by atoms with Gasteiger partial charge in [0.05, 0.1) is 12.3 Å². The van der Waals surface area contributed by atoms with Crippen molar-refractivity contribution < 1.29 is 13.9 Å². The lowest BCUT2D eigenvalue weighted by molar-refractivity contribution is 0.0512. The van der Waals surface area contributed by atoms with Crippen LogP contribution in [0.5, 0.6) is 0 Å². The van der Waals surface area contributed by atoms with Gasteiger partial charge in [0.25, 0.3) is 0 Å². The zero-order valence-corrected chi connectivity index (χ0v) is 12.2. The number of ether oxygens (including phenoxy) is 1. The van der Waals surface area contributed by atoms with Gasteiger partial charge in [-0.1, -0.05) is 25.4 Å². The van der Waals surface area contributed by atoms with E-state index in [-0.39, 0.29) is 28.9 Å². The van der Waals surface area contributed by atoms with Crippen LogP contribution < -0.4 is 0 Å². The first-order valence-electron chi connectivity index (χ1n) is 6.27. The normalized spacial score (nSPS) is 11.1. The molecule has 1 aromatic carbocycles. The van der Waals surface area contributed by atoms with Gasteiger partial charge in [0.2, 0.25) is 5.82 Å². The summed E-state index contributed by atoms with van der Waals surface area (Å²) < 4.78 is 18.9. The maximum atomic E-state index is 14.0. The van der Waals surface area contributed by atoms with Crippen molar-refractivity contribution >= 4 is 28.5 Å². The van der Waals surface area contributed by atoms with Crippen LogP contribution in [0.25, 0.3) is 10.9 Å². The molecule has 0 aliphatic rings. The van der Waals surface area contributed by atoms with E-state index in [1.807, 2.05) is 13.8 Å². The highest BCUT2D eigenvalue weighted by atomic mass is 35.5. The molecule has 2 rings (SSSR count). The van der Waals surface area contributed by atoms with E-state index in [0.29, 0.717) is 11.1 Å². The van der Waals surface area contributed by atoms with E-state index in [4.69, 9.17) is 16.3 Å². The zero-order chi connectivity index (χ0) is 14.9. The summed E-state index contributed by atoms with van der Waals surface area (Å²) in [5, 5.41) is 0.780. The Hall–Kier alpha value is -1.75. The summed E-state index contributed by atoms with van der Waals surface area (Å²) in [7, 11) is 0. The Bertz CT molecular complexity index is 674. The van der Waals surface area contributed by atoms with Crippen LogP contribution >= 0.6 is 11.6 Å². The minimum absolute atomic E-state index is 0.00783. The molecule has 0 spiro atoms. The van der Waals surface area contributed by atoms with Gasteiger partial charge < -0.3 is 4.74 Å². The van der Waals surface area contributed by atoms with E-state index in [0.717, 1.165) is 6.07 Å². The number of carbonyl (C=O) groups is 1. The molecule has 6 heteroatoms. The maximum absolute atomic E-state index is 14.0. The Morgan fingerprint density at radius 3 is 2.70 bits per heavy atom. The average molecular weight is 297 g/mol. The average Bonchev–Trinajstić information content (AvgIpc) is 2.37. The van der Waals surface area contributed by atoms with Crippen molar-refractivity contribution in [2.24, 2.45) is 0 Å². The van der Waals surface area contributed by atoms with Gasteiger partial charge in [-0.15, -0.1) is 0 Å². The third-order valence-corrected chi connectivity index (χ3v) is 2.97. The Morgan fingerprint density at radius 2 is 2.10 bits per heavy atom. The van der Waals surface area contributed by atoms with Crippen molar-refractivity contribution in [3.63, 3.8) is 0 Å². The highest BCUT2D eigenvalue weighted by molar-refractivity contribution is 6.31. The fourth-order valence-corrected chi connectivity index (χ4v) is 2.11. The molecule has 0 fully saturated rings. The number of nitrogens with zero attached hydrogens (tertiary/aromatic N) is 2. The Balaban J connectivity index is 2.74. The number of aromatic nitrogens is 2. The Morgan fingerprint density at radius 1 is 1.40 bits per heavy atom. The van der Waals surface area contributed by atoms with Crippen LogP contribution in [0.4, 0.5) is 4.39 Å². The molecule has 4 nitrogen and oxygen atoms in total. The van der Waals surface area contributed by atoms with E-state index < -0.39 is 11.8 Å². The fourth-order valence-electron chi connectivity index (χ4n) is 1.91. The van der Waals surface area contributed by atoms with Crippen LogP contribution in [-0.2, 0) is 4.74 Å². The molecular weight excluding hydrogens is 283 g/mol. The number of hydrogen-bond donors (Lipinski definition) is 0. The van der Waals surface area contributed by atoms with Crippen molar-refractivity contribution in [2.75, 3.05) is 6.61 Å². The highest BCUT2D eigenvalue weighted by Gasteiger charge is 2.19. The maximum Gasteiger partial charge on any atom is 0.376 e. The fraction of sp³-hybridized carbons (Fsp3) is 0.357. The number of esters is 1. The molecule has 0 atom stereocenters. The molecule has 1 aromatic heterocycles. The van der Waals surface area contributed by atoms with Crippen molar-refractivity contribution in [1.82, 2.24) is 9.97 Å². The second-order valence-corrected chi connectivity index (χ2v) is 5.03. The molecule has 0 N–H and O–H groups in total. The van der Waals surface area contributed by atoms with Gasteiger partial charge in [0.1, 0.15) is 5.52 Å². The summed E-state index contributed by atoms with van der Waals surface area (Å²) in [6, 6.07) is 2.76. The molecule has 0 aliphatic carbocycles. The number of carbonyl (C=O) groups excluding carboxylic acids is 1. The molecule has 0 saturated heterocycles. The van der Waals surface area contributed by atoms with E-state index in [1.165, 1.54) is 0 Å². The van der Waals surface area contributed by atoms with Crippen molar-refractivity contribution in [3.8, 4) is 0 Å². The second-order valence-electron chi connectivity index (χ2n) is 4.59.